The number of piperidine rings is 1. The van der Waals surface area contributed by atoms with E-state index in [-0.39, 0.29) is 35.8 Å². The Balaban J connectivity index is 1.90. The third-order valence-corrected chi connectivity index (χ3v) is 6.30. The first-order valence-electron chi connectivity index (χ1n) is 11.1. The van der Waals surface area contributed by atoms with E-state index in [1.165, 1.54) is 6.07 Å². The second-order valence-corrected chi connectivity index (χ2v) is 9.89. The zero-order valence-electron chi connectivity index (χ0n) is 19.1. The van der Waals surface area contributed by atoms with Crippen molar-refractivity contribution in [1.82, 2.24) is 14.9 Å². The van der Waals surface area contributed by atoms with Crippen LogP contribution in [0.2, 0.25) is 5.02 Å². The van der Waals surface area contributed by atoms with Gasteiger partial charge in [-0.3, -0.25) is 0 Å². The van der Waals surface area contributed by atoms with Crippen LogP contribution in [0.4, 0.5) is 23.9 Å². The average Bonchev–Trinajstić information content (AvgIpc) is 2.76. The number of rotatable bonds is 6. The topological polar surface area (TPSA) is 58.6 Å². The van der Waals surface area contributed by atoms with Crippen LogP contribution in [0.3, 0.4) is 0 Å². The van der Waals surface area contributed by atoms with E-state index in [0.717, 1.165) is 12.1 Å². The molecule has 0 spiro atoms. The number of carbonyl (C=O) groups excluding carboxylic acids is 1. The molecule has 2 aromatic rings. The van der Waals surface area contributed by atoms with E-state index in [2.05, 4.69) is 25.9 Å². The van der Waals surface area contributed by atoms with Crippen LogP contribution in [0.15, 0.2) is 35.1 Å². The van der Waals surface area contributed by atoms with Gasteiger partial charge >= 0.3 is 12.3 Å². The second-order valence-electron chi connectivity index (χ2n) is 8.54. The van der Waals surface area contributed by atoms with Gasteiger partial charge in [-0.05, 0) is 72.8 Å². The van der Waals surface area contributed by atoms with Crippen LogP contribution < -0.4 is 4.90 Å². The van der Waals surface area contributed by atoms with Crippen molar-refractivity contribution in [2.45, 2.75) is 70.9 Å². The van der Waals surface area contributed by atoms with Gasteiger partial charge in [0, 0.05) is 42.6 Å². The number of halogens is 5. The van der Waals surface area contributed by atoms with Gasteiger partial charge in [0.05, 0.1) is 16.1 Å². The Morgan fingerprint density at radius 1 is 1.29 bits per heavy atom. The van der Waals surface area contributed by atoms with Crippen molar-refractivity contribution in [2.24, 2.45) is 0 Å². The molecule has 11 heteroatoms. The molecule has 1 aliphatic rings. The number of likely N-dealkylation sites (tertiary alicyclic amines) is 1. The van der Waals surface area contributed by atoms with Gasteiger partial charge in [0.1, 0.15) is 0 Å². The number of nitrogens with zero attached hydrogens (tertiary/aromatic N) is 4. The molecule has 2 heterocycles. The number of hydrogen-bond acceptors (Lipinski definition) is 5. The smallest absolute Gasteiger partial charge is 0.416 e. The molecule has 186 valence electrons. The fraction of sp³-hybridized carbons (Fsp3) is 0.522. The number of amides is 1. The molecule has 3 rings (SSSR count). The highest BCUT2D eigenvalue weighted by Crippen LogP contribution is 2.34. The summed E-state index contributed by atoms with van der Waals surface area (Å²) in [5.41, 5.74) is -0.398. The van der Waals surface area contributed by atoms with Gasteiger partial charge in [0.25, 0.3) is 0 Å². The van der Waals surface area contributed by atoms with Crippen molar-refractivity contribution >= 4 is 39.6 Å². The monoisotopic (exact) mass is 562 g/mol. The van der Waals surface area contributed by atoms with Crippen molar-refractivity contribution in [3.63, 3.8) is 0 Å². The van der Waals surface area contributed by atoms with Gasteiger partial charge in [-0.25, -0.2) is 14.8 Å². The number of ether oxygens (including phenoxy) is 1. The van der Waals surface area contributed by atoms with Crippen LogP contribution >= 0.6 is 27.5 Å². The van der Waals surface area contributed by atoms with E-state index < -0.39 is 11.7 Å². The summed E-state index contributed by atoms with van der Waals surface area (Å²) in [6.07, 6.45) is 0.0349. The molecule has 0 aliphatic carbocycles. The highest BCUT2D eigenvalue weighted by Gasteiger charge is 2.36. The number of anilines is 1. The lowest BCUT2D eigenvalue weighted by Crippen LogP contribution is -2.52. The van der Waals surface area contributed by atoms with E-state index >= 15 is 0 Å². The lowest BCUT2D eigenvalue weighted by Gasteiger charge is -2.43. The second kappa shape index (κ2) is 11.1. The predicted octanol–water partition coefficient (Wildman–Crippen LogP) is 6.71. The fourth-order valence-electron chi connectivity index (χ4n) is 4.13. The molecule has 1 aromatic carbocycles. The largest absolute Gasteiger partial charge is 0.447 e. The third kappa shape index (κ3) is 6.75. The van der Waals surface area contributed by atoms with Gasteiger partial charge < -0.3 is 14.5 Å². The summed E-state index contributed by atoms with van der Waals surface area (Å²) in [6.45, 7) is 6.21. The van der Waals surface area contributed by atoms with Gasteiger partial charge in [-0.2, -0.15) is 13.2 Å². The highest BCUT2D eigenvalue weighted by molar-refractivity contribution is 9.10. The Bertz CT molecular complexity index is 991. The van der Waals surface area contributed by atoms with E-state index in [1.54, 1.807) is 31.1 Å². The Kier molecular flexibility index (Phi) is 8.67. The molecule has 1 fully saturated rings. The average molecular weight is 564 g/mol. The Hall–Kier alpha value is -2.07. The molecule has 0 radical (unpaired) electrons. The van der Waals surface area contributed by atoms with Gasteiger partial charge in [0.15, 0.2) is 0 Å². The molecule has 1 amide bonds. The zero-order chi connectivity index (χ0) is 25.0. The minimum absolute atomic E-state index is 0.0131. The number of aromatic nitrogens is 2. The molecule has 6 nitrogen and oxygen atoms in total. The van der Waals surface area contributed by atoms with Crippen LogP contribution in [-0.4, -0.2) is 45.7 Å². The molecule has 2 atom stereocenters. The van der Waals surface area contributed by atoms with Crippen LogP contribution in [0.1, 0.15) is 51.2 Å². The van der Waals surface area contributed by atoms with Crippen molar-refractivity contribution in [3.05, 3.63) is 51.2 Å². The first kappa shape index (κ1) is 26.5. The molecule has 0 bridgehead atoms. The number of alkyl halides is 3. The van der Waals surface area contributed by atoms with Crippen molar-refractivity contribution in [1.29, 1.82) is 0 Å². The van der Waals surface area contributed by atoms with E-state index in [1.807, 2.05) is 11.8 Å². The maximum atomic E-state index is 13.4. The van der Waals surface area contributed by atoms with Gasteiger partial charge in [-0.1, -0.05) is 18.5 Å². The lowest BCUT2D eigenvalue weighted by molar-refractivity contribution is -0.137. The van der Waals surface area contributed by atoms with Gasteiger partial charge in [0.2, 0.25) is 5.95 Å². The minimum Gasteiger partial charge on any atom is -0.447 e. The van der Waals surface area contributed by atoms with Crippen molar-refractivity contribution in [3.8, 4) is 0 Å². The molecule has 0 N–H and O–H groups in total. The van der Waals surface area contributed by atoms with E-state index in [0.29, 0.717) is 41.8 Å². The summed E-state index contributed by atoms with van der Waals surface area (Å²) in [7, 11) is 0. The Morgan fingerprint density at radius 3 is 2.56 bits per heavy atom. The first-order valence-corrected chi connectivity index (χ1v) is 12.2. The fourth-order valence-corrected chi connectivity index (χ4v) is 4.59. The molecule has 1 aliphatic heterocycles. The first-order chi connectivity index (χ1) is 16.0. The molecule has 1 aromatic heterocycles. The summed E-state index contributed by atoms with van der Waals surface area (Å²) < 4.78 is 46.2. The quantitative estimate of drug-likeness (QED) is 0.391. The summed E-state index contributed by atoms with van der Waals surface area (Å²) in [4.78, 5) is 25.0. The van der Waals surface area contributed by atoms with Crippen LogP contribution in [0, 0.1) is 0 Å². The maximum Gasteiger partial charge on any atom is 0.416 e. The van der Waals surface area contributed by atoms with Crippen molar-refractivity contribution < 1.29 is 22.7 Å². The molecule has 34 heavy (non-hydrogen) atoms. The highest BCUT2D eigenvalue weighted by atomic mass is 79.9. The Morgan fingerprint density at radius 2 is 1.97 bits per heavy atom. The molecular weight excluding hydrogens is 537 g/mol. The molecule has 0 saturated carbocycles. The van der Waals surface area contributed by atoms with Gasteiger partial charge in [-0.15, -0.1) is 0 Å². The minimum atomic E-state index is -4.51. The summed E-state index contributed by atoms with van der Waals surface area (Å²) >= 11 is 9.34. The Labute approximate surface area is 210 Å². The number of carbonyl (C=O) groups is 1. The molecule has 0 unspecified atom stereocenters. The summed E-state index contributed by atoms with van der Waals surface area (Å²) in [6, 6.07) is 3.37. The lowest BCUT2D eigenvalue weighted by atomic mass is 9.94. The standard InChI is InChI=1S/C23H27BrClF3N4O2/c1-4-19-10-20(5-6-31(19)22(33)34-14(2)3)32(21-29-11-17(24)12-30-21)13-15-7-16(23(26,27)28)9-18(25)8-15/h7-9,11-12,14,19-20H,4-6,10,13H2,1-3H3/t19-,20-/m1/s1. The van der Waals surface area contributed by atoms with Crippen molar-refractivity contribution in [2.75, 3.05) is 11.4 Å². The SMILES string of the molecule is CC[C@@H]1C[C@H](N(Cc2cc(Cl)cc(C(F)(F)F)c2)c2ncc(Br)cn2)CCN1C(=O)OC(C)C. The number of hydrogen-bond donors (Lipinski definition) is 0. The third-order valence-electron chi connectivity index (χ3n) is 5.67. The zero-order valence-corrected chi connectivity index (χ0v) is 21.5. The maximum absolute atomic E-state index is 13.4. The normalized spacial score (nSPS) is 18.8. The number of benzene rings is 1. The summed E-state index contributed by atoms with van der Waals surface area (Å²) in [5, 5.41) is 0.0131. The van der Waals surface area contributed by atoms with Crippen LogP contribution in [-0.2, 0) is 17.5 Å². The molecular formula is C23H27BrClF3N4O2. The van der Waals surface area contributed by atoms with Crippen LogP contribution in [0.25, 0.3) is 0 Å². The van der Waals surface area contributed by atoms with E-state index in [4.69, 9.17) is 16.3 Å². The molecule has 1 saturated heterocycles. The van der Waals surface area contributed by atoms with Crippen LogP contribution in [0.5, 0.6) is 0 Å². The summed E-state index contributed by atoms with van der Waals surface area (Å²) in [5.74, 6) is 0.398. The predicted molar refractivity (Wildman–Crippen MR) is 128 cm³/mol. The van der Waals surface area contributed by atoms with E-state index in [9.17, 15) is 18.0 Å².